The highest BCUT2D eigenvalue weighted by Gasteiger charge is 2.45. The van der Waals surface area contributed by atoms with Gasteiger partial charge in [-0.2, -0.15) is 0 Å². The number of aliphatic hydroxyl groups is 1. The third-order valence-electron chi connectivity index (χ3n) is 4.59. The van der Waals surface area contributed by atoms with Gasteiger partial charge in [-0.25, -0.2) is 9.78 Å². The lowest BCUT2D eigenvalue weighted by Gasteiger charge is -2.31. The number of phenolic OH excluding ortho intramolecular Hbond substituents is 1. The van der Waals surface area contributed by atoms with Gasteiger partial charge in [-0.3, -0.25) is 4.79 Å². The Kier molecular flexibility index (Phi) is 1.42. The quantitative estimate of drug-likeness (QED) is 0.579. The molecule has 8 nitrogen and oxygen atoms in total. The first-order chi connectivity index (χ1) is 24.1. The van der Waals surface area contributed by atoms with Crippen molar-refractivity contribution in [3.63, 3.8) is 0 Å². The van der Waals surface area contributed by atoms with Gasteiger partial charge in [-0.05, 0) is 44.5 Å². The fourth-order valence-corrected chi connectivity index (χ4v) is 3.19. The van der Waals surface area contributed by atoms with E-state index in [-0.39, 0.29) is 4.57 Å². The molecule has 1 atom stereocenters. The van der Waals surface area contributed by atoms with Crippen molar-refractivity contribution >= 4 is 16.9 Å². The normalized spacial score (nSPS) is 35.4. The third-order valence-corrected chi connectivity index (χ3v) is 4.59. The van der Waals surface area contributed by atoms with Crippen LogP contribution in [0.15, 0.2) is 29.0 Å². The maximum Gasteiger partial charge on any atom is 0.343 e. The molecule has 160 valence electrons. The predicted molar refractivity (Wildman–Crippen MR) is 114 cm³/mol. The molecule has 1 aromatic carbocycles. The number of aromatic nitrogens is 2. The monoisotopic (exact) mass is 444 g/mol. The van der Waals surface area contributed by atoms with Crippen LogP contribution in [0.4, 0.5) is 0 Å². The highest BCUT2D eigenvalue weighted by molar-refractivity contribution is 5.89. The van der Waals surface area contributed by atoms with Gasteiger partial charge in [0.15, 0.2) is 5.60 Å². The van der Waals surface area contributed by atoms with Crippen LogP contribution in [0.25, 0.3) is 22.3 Å². The number of hydrogen-bond donors (Lipinski definition) is 2. The average molecular weight is 445 g/mol. The Labute approximate surface area is 210 Å². The van der Waals surface area contributed by atoms with Crippen molar-refractivity contribution < 1.29 is 48.5 Å². The van der Waals surface area contributed by atoms with Crippen molar-refractivity contribution in [2.45, 2.75) is 38.4 Å². The Hall–Kier alpha value is -3.23. The molecular formula is C23H23N3O5. The molecule has 0 spiro atoms. The molecule has 0 unspecified atom stereocenters. The SMILES string of the molecule is [2H]Oc1c([2H])c([2H])c2nc3c(c([2H])c2c1C([2H])([2H])N(C([2H])([2H])[2H])C([2H])([2H])[2H])C([2H])([2H])n1c-3c([2H])c2c(c1=O)C([2H])([2H])OC(=O)[C@]2(O[2H])C([2H])([2H])C([2H])([2H])[2H]. The molecule has 0 bridgehead atoms. The Morgan fingerprint density at radius 2 is 2.35 bits per heavy atom. The van der Waals surface area contributed by atoms with Crippen molar-refractivity contribution in [1.82, 2.24) is 14.5 Å². The van der Waals surface area contributed by atoms with E-state index in [1.54, 1.807) is 0 Å². The first kappa shape index (κ1) is 6.63. The van der Waals surface area contributed by atoms with E-state index in [9.17, 15) is 9.59 Å². The second kappa shape index (κ2) is 6.63. The summed E-state index contributed by atoms with van der Waals surface area (Å²) < 4.78 is 193. The molecule has 0 saturated heterocycles. The summed E-state index contributed by atoms with van der Waals surface area (Å²) >= 11 is 0. The van der Waals surface area contributed by atoms with E-state index in [0.29, 0.717) is 0 Å². The second-order valence-corrected chi connectivity index (χ2v) is 6.36. The van der Waals surface area contributed by atoms with Crippen LogP contribution in [0.5, 0.6) is 5.75 Å². The number of ether oxygens (including phenoxy) is 1. The minimum atomic E-state index is -4.11. The summed E-state index contributed by atoms with van der Waals surface area (Å²) in [5.41, 5.74) is -14.8. The van der Waals surface area contributed by atoms with E-state index >= 15 is 0 Å². The van der Waals surface area contributed by atoms with E-state index in [1.165, 1.54) is 0 Å². The van der Waals surface area contributed by atoms with Gasteiger partial charge in [0.25, 0.3) is 6.99 Å². The second-order valence-electron chi connectivity index (χ2n) is 6.36. The van der Waals surface area contributed by atoms with Crippen LogP contribution in [-0.2, 0) is 34.7 Å². The number of esters is 1. The van der Waals surface area contributed by atoms with Gasteiger partial charge in [-0.1, -0.05) is 6.85 Å². The van der Waals surface area contributed by atoms with Gasteiger partial charge >= 0.3 is 5.97 Å². The molecule has 0 aliphatic carbocycles. The highest BCUT2D eigenvalue weighted by Crippen LogP contribution is 2.39. The zero-order chi connectivity index (χ0) is 41.6. The summed E-state index contributed by atoms with van der Waals surface area (Å²) in [4.78, 5) is 30.9. The van der Waals surface area contributed by atoms with Crippen LogP contribution in [-0.4, -0.2) is 47.5 Å². The number of pyridine rings is 2. The fourth-order valence-electron chi connectivity index (χ4n) is 3.19. The zero-order valence-electron chi connectivity index (χ0n) is 37.9. The highest BCUT2D eigenvalue weighted by atomic mass is 16.6. The summed E-state index contributed by atoms with van der Waals surface area (Å²) in [6.45, 7) is -22.8. The lowest BCUT2D eigenvalue weighted by molar-refractivity contribution is -0.172. The van der Waals surface area contributed by atoms with Crippen molar-refractivity contribution in [3.05, 3.63) is 56.8 Å². The van der Waals surface area contributed by atoms with Crippen LogP contribution < -0.4 is 5.56 Å². The van der Waals surface area contributed by atoms with Crippen LogP contribution in [0.2, 0.25) is 0 Å². The Balaban J connectivity index is 2.07. The molecule has 2 aliphatic rings. The van der Waals surface area contributed by atoms with Gasteiger partial charge in [0.1, 0.15) is 12.3 Å². The zero-order valence-corrected chi connectivity index (χ0v) is 14.9. The number of carbonyl (C=O) groups is 1. The molecular weight excluding hydrogens is 398 g/mol. The molecule has 0 amide bonds. The lowest BCUT2D eigenvalue weighted by Crippen LogP contribution is -2.44. The number of carbonyl (C=O) groups excluding carboxylic acids is 1. The number of nitrogens with zero attached hydrogens (tertiary/aromatic N) is 3. The van der Waals surface area contributed by atoms with Crippen molar-refractivity contribution in [1.29, 1.82) is 2.86 Å². The van der Waals surface area contributed by atoms with E-state index in [2.05, 4.69) is 19.9 Å². The number of cyclic esters (lactones) is 1. The summed E-state index contributed by atoms with van der Waals surface area (Å²) in [7, 11) is 0. The van der Waals surface area contributed by atoms with Gasteiger partial charge < -0.3 is 24.4 Å². The number of rotatable bonds is 5. The fraction of sp³-hybridized carbons (Fsp3) is 0.348. The molecule has 3 aromatic rings. The van der Waals surface area contributed by atoms with Gasteiger partial charge in [0.2, 0.25) is 1.43 Å². The van der Waals surface area contributed by atoms with E-state index in [4.69, 9.17) is 31.6 Å². The summed E-state index contributed by atoms with van der Waals surface area (Å²) in [6.07, 6.45) is -4.11. The number of fused-ring (bicyclic) bond motifs is 5. The molecule has 2 aliphatic heterocycles. The maximum atomic E-state index is 14.2. The minimum absolute atomic E-state index is 0.0437. The summed E-state index contributed by atoms with van der Waals surface area (Å²) in [5.74, 6) is -3.55. The Morgan fingerprint density at radius 3 is 3.13 bits per heavy atom. The van der Waals surface area contributed by atoms with E-state index in [1.807, 2.05) is 0 Å². The molecule has 31 heavy (non-hydrogen) atoms. The lowest BCUT2D eigenvalue weighted by atomic mass is 9.86. The average Bonchev–Trinajstić information content (AvgIpc) is 3.21. The number of phenols is 1. The molecule has 4 heterocycles. The van der Waals surface area contributed by atoms with Crippen LogP contribution in [0.3, 0.4) is 0 Å². The van der Waals surface area contributed by atoms with Crippen LogP contribution >= 0.6 is 0 Å². The third kappa shape index (κ3) is 2.72. The Bertz CT molecular complexity index is 2190. The Morgan fingerprint density at radius 1 is 1.45 bits per heavy atom. The molecule has 0 fully saturated rings. The minimum Gasteiger partial charge on any atom is -0.508 e. The topological polar surface area (TPSA) is 105 Å². The van der Waals surface area contributed by atoms with Crippen LogP contribution in [0.1, 0.15) is 64.3 Å². The molecule has 2 N–H and O–H groups in total. The van der Waals surface area contributed by atoms with E-state index < -0.39 is 143 Å². The summed E-state index contributed by atoms with van der Waals surface area (Å²) in [6, 6.07) is -5.21. The van der Waals surface area contributed by atoms with Gasteiger partial charge in [-0.15, -0.1) is 0 Å². The standard InChI is InChI=1S/C23H23N3O5/c1-4-23(30)16-8-18-20-12(9-26(18)21(28)15(16)11-31-22(23)29)7-13-14(10-25(2)3)19(27)6-5-17(13)24-20/h5-8,27,30H,4,9-11H2,1-3H3/t23-/m0/s1/i1D3,2D3,3D3,4D2,5D,6D,7D,8D,9D2,10D2,11D2,30D/hD. The smallest absolute Gasteiger partial charge is 0.343 e. The molecule has 5 rings (SSSR count). The first-order valence-corrected chi connectivity index (χ1v) is 8.26. The largest absolute Gasteiger partial charge is 0.508 e. The molecule has 0 saturated carbocycles. The van der Waals surface area contributed by atoms with Crippen molar-refractivity contribution in [2.24, 2.45) is 0 Å². The van der Waals surface area contributed by atoms with Crippen LogP contribution in [0, 0.1) is 0 Å². The van der Waals surface area contributed by atoms with Gasteiger partial charge in [0, 0.05) is 46.4 Å². The predicted octanol–water partition coefficient (Wildman–Crippen LogP) is 1.85. The number of benzene rings is 1. The van der Waals surface area contributed by atoms with Gasteiger partial charge in [0.05, 0.1) is 39.9 Å². The van der Waals surface area contributed by atoms with Crippen molar-refractivity contribution in [2.75, 3.05) is 14.0 Å². The van der Waals surface area contributed by atoms with E-state index in [0.717, 1.165) is 0 Å². The molecule has 0 radical (unpaired) electrons. The molecule has 2 aromatic heterocycles. The first-order valence-electron chi connectivity index (χ1n) is 19.6. The molecule has 8 heteroatoms. The number of hydrogen-bond acceptors (Lipinski definition) is 7. The number of aromatic hydroxyl groups is 1. The summed E-state index contributed by atoms with van der Waals surface area (Å²) in [5, 5.41) is 7.59. The maximum absolute atomic E-state index is 14.2. The van der Waals surface area contributed by atoms with Crippen molar-refractivity contribution in [3.8, 4) is 17.1 Å².